The summed E-state index contributed by atoms with van der Waals surface area (Å²) in [5, 5.41) is 2.14. The number of nitrogens with one attached hydrogen (secondary N) is 1. The number of benzene rings is 2. The Kier molecular flexibility index (Phi) is 4.08. The van der Waals surface area contributed by atoms with E-state index >= 15 is 0 Å². The van der Waals surface area contributed by atoms with Gasteiger partial charge in [0, 0.05) is 6.07 Å². The second-order valence-corrected chi connectivity index (χ2v) is 6.00. The lowest BCUT2D eigenvalue weighted by molar-refractivity contribution is 0.0880. The van der Waals surface area contributed by atoms with Crippen molar-refractivity contribution in [3.8, 4) is 22.9 Å². The molecule has 0 spiro atoms. The number of rotatable bonds is 4. The summed E-state index contributed by atoms with van der Waals surface area (Å²) in [6, 6.07) is 14.9. The smallest absolute Gasteiger partial charge is 0.262 e. The van der Waals surface area contributed by atoms with Crippen LogP contribution < -0.4 is 26.1 Å². The lowest BCUT2D eigenvalue weighted by Crippen LogP contribution is -2.24. The molecule has 0 radical (unpaired) electrons. The molecule has 0 aliphatic carbocycles. The van der Waals surface area contributed by atoms with Gasteiger partial charge in [0.1, 0.15) is 5.82 Å². The summed E-state index contributed by atoms with van der Waals surface area (Å²) in [6.45, 7) is 0. The molecule has 8 nitrogen and oxygen atoms in total. The third kappa shape index (κ3) is 2.67. The van der Waals surface area contributed by atoms with Crippen LogP contribution in [0.1, 0.15) is 20.7 Å². The Morgan fingerprint density at radius 3 is 2.25 bits per heavy atom. The third-order valence-electron chi connectivity index (χ3n) is 4.35. The average molecular weight is 377 g/mol. The van der Waals surface area contributed by atoms with E-state index in [-0.39, 0.29) is 16.9 Å². The molecule has 140 valence electrons. The van der Waals surface area contributed by atoms with Crippen molar-refractivity contribution in [1.29, 1.82) is 0 Å². The molecule has 4 rings (SSSR count). The number of pyridine rings is 1. The highest BCUT2D eigenvalue weighted by molar-refractivity contribution is 6.23. The Labute approximate surface area is 159 Å². The fraction of sp³-hybridized carbons (Fsp3) is 0.0500. The fourth-order valence-electron chi connectivity index (χ4n) is 3.08. The lowest BCUT2D eigenvalue weighted by atomic mass is 10.1. The number of imide groups is 1. The summed E-state index contributed by atoms with van der Waals surface area (Å²) in [5.41, 5.74) is 5.81. The SMILES string of the molecule is COc1ccccc1Oc1ccccc1-n1c(N)c2c(cc1=O)C(=O)NC2=O. The highest BCUT2D eigenvalue weighted by atomic mass is 16.5. The van der Waals surface area contributed by atoms with Crippen LogP contribution >= 0.6 is 0 Å². The zero-order chi connectivity index (χ0) is 19.8. The van der Waals surface area contributed by atoms with Gasteiger partial charge in [0.25, 0.3) is 17.4 Å². The van der Waals surface area contributed by atoms with Crippen LogP contribution in [-0.2, 0) is 0 Å². The number of nitrogen functional groups attached to an aromatic ring is 1. The summed E-state index contributed by atoms with van der Waals surface area (Å²) in [4.78, 5) is 36.6. The number of aromatic nitrogens is 1. The molecular formula is C20H15N3O5. The van der Waals surface area contributed by atoms with E-state index in [1.54, 1.807) is 48.5 Å². The van der Waals surface area contributed by atoms with Crippen LogP contribution in [0, 0.1) is 0 Å². The van der Waals surface area contributed by atoms with Crippen LogP contribution in [0.25, 0.3) is 5.69 Å². The molecule has 0 bridgehead atoms. The highest BCUT2D eigenvalue weighted by Gasteiger charge is 2.32. The van der Waals surface area contributed by atoms with Crippen molar-refractivity contribution in [2.75, 3.05) is 12.8 Å². The van der Waals surface area contributed by atoms with Gasteiger partial charge >= 0.3 is 0 Å². The highest BCUT2D eigenvalue weighted by Crippen LogP contribution is 2.35. The summed E-state index contributed by atoms with van der Waals surface area (Å²) in [7, 11) is 1.52. The molecule has 8 heteroatoms. The summed E-state index contributed by atoms with van der Waals surface area (Å²) in [6.07, 6.45) is 0. The molecule has 0 fully saturated rings. The second kappa shape index (κ2) is 6.58. The van der Waals surface area contributed by atoms with Gasteiger partial charge in [-0.1, -0.05) is 24.3 Å². The van der Waals surface area contributed by atoms with Crippen molar-refractivity contribution in [2.45, 2.75) is 0 Å². The van der Waals surface area contributed by atoms with E-state index in [0.717, 1.165) is 10.6 Å². The van der Waals surface area contributed by atoms with Gasteiger partial charge in [-0.2, -0.15) is 0 Å². The maximum atomic E-state index is 12.7. The zero-order valence-electron chi connectivity index (χ0n) is 14.8. The third-order valence-corrected chi connectivity index (χ3v) is 4.35. The molecular weight excluding hydrogens is 362 g/mol. The van der Waals surface area contributed by atoms with Gasteiger partial charge in [0.2, 0.25) is 0 Å². The Hall–Kier alpha value is -4.07. The molecule has 0 unspecified atom stereocenters. The number of carbonyl (C=O) groups excluding carboxylic acids is 2. The molecule has 0 atom stereocenters. The monoisotopic (exact) mass is 377 g/mol. The Morgan fingerprint density at radius 2 is 1.54 bits per heavy atom. The Morgan fingerprint density at radius 1 is 0.893 bits per heavy atom. The minimum absolute atomic E-state index is 0.0308. The minimum Gasteiger partial charge on any atom is -0.493 e. The average Bonchev–Trinajstić information content (AvgIpc) is 2.97. The normalized spacial score (nSPS) is 12.5. The van der Waals surface area contributed by atoms with E-state index in [1.807, 2.05) is 0 Å². The molecule has 2 heterocycles. The predicted molar refractivity (Wildman–Crippen MR) is 101 cm³/mol. The van der Waals surface area contributed by atoms with E-state index < -0.39 is 17.4 Å². The van der Waals surface area contributed by atoms with Crippen molar-refractivity contribution in [3.63, 3.8) is 0 Å². The zero-order valence-corrected chi connectivity index (χ0v) is 14.8. The molecule has 3 N–H and O–H groups in total. The van der Waals surface area contributed by atoms with E-state index in [2.05, 4.69) is 5.32 Å². The molecule has 0 saturated carbocycles. The largest absolute Gasteiger partial charge is 0.493 e. The molecule has 2 aromatic carbocycles. The first-order chi connectivity index (χ1) is 13.5. The second-order valence-electron chi connectivity index (χ2n) is 6.00. The van der Waals surface area contributed by atoms with Crippen molar-refractivity contribution in [1.82, 2.24) is 9.88 Å². The summed E-state index contributed by atoms with van der Waals surface area (Å²) < 4.78 is 12.4. The summed E-state index contributed by atoms with van der Waals surface area (Å²) in [5.74, 6) is -0.147. The minimum atomic E-state index is -0.644. The summed E-state index contributed by atoms with van der Waals surface area (Å²) >= 11 is 0. The van der Waals surface area contributed by atoms with Crippen LogP contribution in [0.5, 0.6) is 17.2 Å². The van der Waals surface area contributed by atoms with E-state index in [4.69, 9.17) is 15.2 Å². The molecule has 1 aromatic heterocycles. The number of amides is 2. The number of para-hydroxylation sites is 4. The van der Waals surface area contributed by atoms with Crippen molar-refractivity contribution >= 4 is 17.6 Å². The van der Waals surface area contributed by atoms with Gasteiger partial charge in [-0.15, -0.1) is 0 Å². The number of ether oxygens (including phenoxy) is 2. The van der Waals surface area contributed by atoms with Gasteiger partial charge in [0.05, 0.1) is 23.9 Å². The number of nitrogens with two attached hydrogens (primary N) is 1. The Bertz CT molecular complexity index is 1180. The van der Waals surface area contributed by atoms with E-state index in [9.17, 15) is 14.4 Å². The number of hydrogen-bond donors (Lipinski definition) is 2. The number of hydrogen-bond acceptors (Lipinski definition) is 6. The molecule has 28 heavy (non-hydrogen) atoms. The Balaban J connectivity index is 1.89. The van der Waals surface area contributed by atoms with Gasteiger partial charge in [-0.3, -0.25) is 24.3 Å². The van der Waals surface area contributed by atoms with E-state index in [1.165, 1.54) is 7.11 Å². The van der Waals surface area contributed by atoms with Crippen molar-refractivity contribution in [2.24, 2.45) is 0 Å². The van der Waals surface area contributed by atoms with E-state index in [0.29, 0.717) is 22.9 Å². The quantitative estimate of drug-likeness (QED) is 0.674. The van der Waals surface area contributed by atoms with Gasteiger partial charge in [0.15, 0.2) is 17.2 Å². The van der Waals surface area contributed by atoms with Crippen molar-refractivity contribution in [3.05, 3.63) is 76.1 Å². The molecule has 2 amide bonds. The van der Waals surface area contributed by atoms with Gasteiger partial charge in [-0.05, 0) is 24.3 Å². The first-order valence-corrected chi connectivity index (χ1v) is 8.32. The van der Waals surface area contributed by atoms with Crippen LogP contribution in [0.3, 0.4) is 0 Å². The molecule has 3 aromatic rings. The molecule has 1 aliphatic heterocycles. The number of anilines is 1. The van der Waals surface area contributed by atoms with Crippen LogP contribution in [0.4, 0.5) is 5.82 Å². The van der Waals surface area contributed by atoms with Crippen LogP contribution in [0.15, 0.2) is 59.4 Å². The number of carbonyl (C=O) groups is 2. The number of nitrogens with zero attached hydrogens (tertiary/aromatic N) is 1. The number of methoxy groups -OCH3 is 1. The topological polar surface area (TPSA) is 113 Å². The first-order valence-electron chi connectivity index (χ1n) is 8.32. The van der Waals surface area contributed by atoms with Crippen LogP contribution in [0.2, 0.25) is 0 Å². The van der Waals surface area contributed by atoms with Gasteiger partial charge < -0.3 is 15.2 Å². The predicted octanol–water partition coefficient (Wildman–Crippen LogP) is 2.10. The maximum absolute atomic E-state index is 12.7. The fourth-order valence-corrected chi connectivity index (χ4v) is 3.08. The molecule has 1 aliphatic rings. The van der Waals surface area contributed by atoms with Crippen LogP contribution in [-0.4, -0.2) is 23.5 Å². The van der Waals surface area contributed by atoms with Crippen molar-refractivity contribution < 1.29 is 19.1 Å². The lowest BCUT2D eigenvalue weighted by Gasteiger charge is -2.17. The molecule has 0 saturated heterocycles. The maximum Gasteiger partial charge on any atom is 0.262 e. The van der Waals surface area contributed by atoms with Gasteiger partial charge in [-0.25, -0.2) is 0 Å². The number of fused-ring (bicyclic) bond motifs is 1. The standard InChI is InChI=1S/C20H15N3O5/c1-27-14-8-4-5-9-15(14)28-13-7-3-2-6-12(13)23-16(24)10-11-17(18(23)21)20(26)22-19(11)25/h2-10H,21H2,1H3,(H,22,25,26). The first kappa shape index (κ1) is 17.3.